The van der Waals surface area contributed by atoms with E-state index in [9.17, 15) is 18.0 Å². The molecule has 0 spiro atoms. The molecule has 0 radical (unpaired) electrons. The molecule has 2 aromatic rings. The second-order valence-electron chi connectivity index (χ2n) is 5.46. The van der Waals surface area contributed by atoms with E-state index in [1.807, 2.05) is 0 Å². The van der Waals surface area contributed by atoms with Crippen molar-refractivity contribution in [3.8, 4) is 0 Å². The van der Waals surface area contributed by atoms with Crippen LogP contribution in [0.1, 0.15) is 16.8 Å². The van der Waals surface area contributed by atoms with Gasteiger partial charge in [-0.1, -0.05) is 18.2 Å². The third kappa shape index (κ3) is 2.64. The van der Waals surface area contributed by atoms with Gasteiger partial charge in [0.1, 0.15) is 11.1 Å². The van der Waals surface area contributed by atoms with Crippen molar-refractivity contribution in [2.75, 3.05) is 18.6 Å². The van der Waals surface area contributed by atoms with E-state index in [0.29, 0.717) is 17.4 Å². The summed E-state index contributed by atoms with van der Waals surface area (Å²) in [6.07, 6.45) is 0.392. The van der Waals surface area contributed by atoms with Gasteiger partial charge < -0.3 is 9.32 Å². The van der Waals surface area contributed by atoms with E-state index in [2.05, 4.69) is 0 Å². The molecule has 1 aromatic heterocycles. The zero-order valence-corrected chi connectivity index (χ0v) is 12.8. The molecule has 1 aliphatic rings. The van der Waals surface area contributed by atoms with Crippen LogP contribution in [0.5, 0.6) is 0 Å². The first-order valence-corrected chi connectivity index (χ1v) is 8.70. The second-order valence-corrected chi connectivity index (χ2v) is 7.69. The van der Waals surface area contributed by atoms with E-state index in [1.165, 1.54) is 18.0 Å². The van der Waals surface area contributed by atoms with Crippen LogP contribution in [0.4, 0.5) is 0 Å². The maximum absolute atomic E-state index is 12.5. The number of carbonyl (C=O) groups is 1. The predicted molar refractivity (Wildman–Crippen MR) is 81.6 cm³/mol. The third-order valence-electron chi connectivity index (χ3n) is 3.95. The molecule has 1 aliphatic heterocycles. The van der Waals surface area contributed by atoms with Gasteiger partial charge in [-0.15, -0.1) is 0 Å². The van der Waals surface area contributed by atoms with E-state index < -0.39 is 27.4 Å². The van der Waals surface area contributed by atoms with Gasteiger partial charge in [-0.25, -0.2) is 13.2 Å². The Hall–Kier alpha value is -2.15. The Bertz CT molecular complexity index is 900. The molecule has 0 aliphatic carbocycles. The SMILES string of the molecule is CN(C(=O)c1cc2ccccc2oc1=O)[C@H]1CCS(=O)(=O)C1. The third-order valence-corrected chi connectivity index (χ3v) is 5.70. The van der Waals surface area contributed by atoms with E-state index in [0.717, 1.165) is 0 Å². The number of fused-ring (bicyclic) bond motifs is 1. The predicted octanol–water partition coefficient (Wildman–Crippen LogP) is 1.05. The zero-order chi connectivity index (χ0) is 15.9. The quantitative estimate of drug-likeness (QED) is 0.772. The van der Waals surface area contributed by atoms with Gasteiger partial charge in [0, 0.05) is 18.5 Å². The molecule has 0 saturated carbocycles. The number of nitrogens with zero attached hydrogens (tertiary/aromatic N) is 1. The Kier molecular flexibility index (Phi) is 3.52. The van der Waals surface area contributed by atoms with Gasteiger partial charge in [-0.2, -0.15) is 0 Å². The monoisotopic (exact) mass is 321 g/mol. The summed E-state index contributed by atoms with van der Waals surface area (Å²) in [4.78, 5) is 25.8. The minimum absolute atomic E-state index is 0.0614. The van der Waals surface area contributed by atoms with Crippen molar-refractivity contribution >= 4 is 26.7 Å². The fraction of sp³-hybridized carbons (Fsp3) is 0.333. The lowest BCUT2D eigenvalue weighted by molar-refractivity contribution is 0.0743. The van der Waals surface area contributed by atoms with Crippen LogP contribution < -0.4 is 5.63 Å². The molecule has 1 saturated heterocycles. The fourth-order valence-corrected chi connectivity index (χ4v) is 4.42. The summed E-state index contributed by atoms with van der Waals surface area (Å²) in [7, 11) is -1.58. The van der Waals surface area contributed by atoms with E-state index in [4.69, 9.17) is 4.42 Å². The number of hydrogen-bond donors (Lipinski definition) is 0. The van der Waals surface area contributed by atoms with Crippen LogP contribution in [-0.4, -0.2) is 43.8 Å². The molecule has 0 N–H and O–H groups in total. The highest BCUT2D eigenvalue weighted by atomic mass is 32.2. The minimum Gasteiger partial charge on any atom is -0.422 e. The number of para-hydroxylation sites is 1. The lowest BCUT2D eigenvalue weighted by atomic mass is 10.1. The molecule has 3 rings (SSSR count). The molecule has 2 heterocycles. The molecule has 0 bridgehead atoms. The summed E-state index contributed by atoms with van der Waals surface area (Å²) in [6.45, 7) is 0. The van der Waals surface area contributed by atoms with Gasteiger partial charge in [-0.05, 0) is 18.6 Å². The average Bonchev–Trinajstić information content (AvgIpc) is 2.85. The van der Waals surface area contributed by atoms with Gasteiger partial charge in [0.2, 0.25) is 0 Å². The minimum atomic E-state index is -3.10. The number of hydrogen-bond acceptors (Lipinski definition) is 5. The summed E-state index contributed by atoms with van der Waals surface area (Å²) in [5.41, 5.74) is -0.378. The Balaban J connectivity index is 1.95. The van der Waals surface area contributed by atoms with Crippen LogP contribution in [0.2, 0.25) is 0 Å². The van der Waals surface area contributed by atoms with Crippen molar-refractivity contribution in [2.45, 2.75) is 12.5 Å². The first-order valence-electron chi connectivity index (χ1n) is 6.88. The maximum atomic E-state index is 12.5. The van der Waals surface area contributed by atoms with E-state index in [1.54, 1.807) is 24.3 Å². The summed E-state index contributed by atoms with van der Waals surface area (Å²) < 4.78 is 28.2. The Morgan fingerprint density at radius 1 is 1.32 bits per heavy atom. The lowest BCUT2D eigenvalue weighted by Crippen LogP contribution is -2.39. The van der Waals surface area contributed by atoms with Crippen molar-refractivity contribution < 1.29 is 17.6 Å². The van der Waals surface area contributed by atoms with E-state index in [-0.39, 0.29) is 17.1 Å². The summed E-state index contributed by atoms with van der Waals surface area (Å²) in [5, 5.41) is 0.651. The number of amides is 1. The van der Waals surface area contributed by atoms with Crippen molar-refractivity contribution in [1.29, 1.82) is 0 Å². The Morgan fingerprint density at radius 3 is 2.73 bits per heavy atom. The normalized spacial score (nSPS) is 20.1. The molecule has 116 valence electrons. The molecule has 1 fully saturated rings. The van der Waals surface area contributed by atoms with Gasteiger partial charge >= 0.3 is 5.63 Å². The first-order chi connectivity index (χ1) is 10.4. The van der Waals surface area contributed by atoms with Crippen LogP contribution in [0.3, 0.4) is 0 Å². The van der Waals surface area contributed by atoms with Gasteiger partial charge in [0.15, 0.2) is 9.84 Å². The van der Waals surface area contributed by atoms with Crippen molar-refractivity contribution in [3.05, 3.63) is 46.3 Å². The molecule has 7 heteroatoms. The fourth-order valence-electron chi connectivity index (χ4n) is 2.65. The number of carbonyl (C=O) groups excluding carboxylic acids is 1. The summed E-state index contributed by atoms with van der Waals surface area (Å²) in [5.74, 6) is -0.503. The molecule has 6 nitrogen and oxygen atoms in total. The Labute approximate surface area is 127 Å². The number of benzene rings is 1. The highest BCUT2D eigenvalue weighted by molar-refractivity contribution is 7.91. The summed E-state index contributed by atoms with van der Waals surface area (Å²) >= 11 is 0. The molecule has 1 aromatic carbocycles. The van der Waals surface area contributed by atoms with Gasteiger partial charge in [0.25, 0.3) is 5.91 Å². The standard InChI is InChI=1S/C15H15NO5S/c1-16(11-6-7-22(19,20)9-11)14(17)12-8-10-4-2-3-5-13(10)21-15(12)18/h2-5,8,11H,6-7,9H2,1H3/t11-/m0/s1. The van der Waals surface area contributed by atoms with E-state index >= 15 is 0 Å². The molecular formula is C15H15NO5S. The highest BCUT2D eigenvalue weighted by Gasteiger charge is 2.33. The van der Waals surface area contributed by atoms with Crippen LogP contribution in [0.25, 0.3) is 11.0 Å². The molecular weight excluding hydrogens is 306 g/mol. The van der Waals surface area contributed by atoms with Crippen molar-refractivity contribution in [3.63, 3.8) is 0 Å². The molecule has 0 unspecified atom stereocenters. The van der Waals surface area contributed by atoms with Crippen molar-refractivity contribution in [2.24, 2.45) is 0 Å². The first kappa shape index (κ1) is 14.8. The largest absolute Gasteiger partial charge is 0.422 e. The van der Waals surface area contributed by atoms with Gasteiger partial charge in [-0.3, -0.25) is 4.79 Å². The maximum Gasteiger partial charge on any atom is 0.349 e. The number of rotatable bonds is 2. The van der Waals surface area contributed by atoms with Crippen LogP contribution in [0.15, 0.2) is 39.5 Å². The van der Waals surface area contributed by atoms with Crippen molar-refractivity contribution in [1.82, 2.24) is 4.90 Å². The van der Waals surface area contributed by atoms with Crippen LogP contribution in [0, 0.1) is 0 Å². The van der Waals surface area contributed by atoms with Crippen LogP contribution in [-0.2, 0) is 9.84 Å². The molecule has 1 atom stereocenters. The Morgan fingerprint density at radius 2 is 2.05 bits per heavy atom. The second kappa shape index (κ2) is 5.24. The molecule has 1 amide bonds. The topological polar surface area (TPSA) is 84.7 Å². The smallest absolute Gasteiger partial charge is 0.349 e. The summed E-state index contributed by atoms with van der Waals surface area (Å²) in [6, 6.07) is 8.01. The number of sulfone groups is 1. The zero-order valence-electron chi connectivity index (χ0n) is 12.0. The van der Waals surface area contributed by atoms with Gasteiger partial charge in [0.05, 0.1) is 11.5 Å². The molecule has 22 heavy (non-hydrogen) atoms. The highest BCUT2D eigenvalue weighted by Crippen LogP contribution is 2.19. The lowest BCUT2D eigenvalue weighted by Gasteiger charge is -2.22. The van der Waals surface area contributed by atoms with Crippen LogP contribution >= 0.6 is 0 Å². The average molecular weight is 321 g/mol.